The van der Waals surface area contributed by atoms with E-state index in [0.717, 1.165) is 10.4 Å². The minimum Gasteiger partial charge on any atom is -0.317 e. The van der Waals surface area contributed by atoms with Crippen LogP contribution in [-0.2, 0) is 6.42 Å². The minimum absolute atomic E-state index is 0.686. The predicted octanol–water partition coefficient (Wildman–Crippen LogP) is 4.05. The van der Waals surface area contributed by atoms with Gasteiger partial charge in [-0.05, 0) is 84.7 Å². The number of nitrogens with zero attached hydrogens (tertiary/aromatic N) is 2. The highest BCUT2D eigenvalue weighted by atomic mass is 79.9. The first-order valence-electron chi connectivity index (χ1n) is 8.35. The highest BCUT2D eigenvalue weighted by Crippen LogP contribution is 2.43. The van der Waals surface area contributed by atoms with Gasteiger partial charge in [0.1, 0.15) is 0 Å². The fraction of sp³-hybridized carbons (Fsp3) is 0.500. The molecule has 0 atom stereocenters. The topological polar surface area (TPSA) is 29.9 Å². The van der Waals surface area contributed by atoms with Crippen LogP contribution in [0, 0.1) is 5.92 Å². The van der Waals surface area contributed by atoms with Crippen LogP contribution in [0.3, 0.4) is 0 Å². The summed E-state index contributed by atoms with van der Waals surface area (Å²) in [7, 11) is 0. The monoisotopic (exact) mass is 359 g/mol. The smallest absolute Gasteiger partial charge is 0.0649 e. The average molecular weight is 360 g/mol. The number of aromatic nitrogens is 2. The molecule has 22 heavy (non-hydrogen) atoms. The van der Waals surface area contributed by atoms with Crippen molar-refractivity contribution < 1.29 is 0 Å². The lowest BCUT2D eigenvalue weighted by atomic mass is 9.91. The Bertz CT molecular complexity index is 637. The lowest BCUT2D eigenvalue weighted by molar-refractivity contribution is 0.372. The first-order valence-corrected chi connectivity index (χ1v) is 9.14. The summed E-state index contributed by atoms with van der Waals surface area (Å²) in [5.41, 5.74) is 3.97. The second-order valence-corrected chi connectivity index (χ2v) is 7.48. The van der Waals surface area contributed by atoms with Gasteiger partial charge >= 0.3 is 0 Å². The fourth-order valence-corrected chi connectivity index (χ4v) is 4.04. The summed E-state index contributed by atoms with van der Waals surface area (Å²) in [6, 6.07) is 9.01. The van der Waals surface area contributed by atoms with E-state index in [4.69, 9.17) is 0 Å². The van der Waals surface area contributed by atoms with E-state index in [1.54, 1.807) is 0 Å². The van der Waals surface area contributed by atoms with E-state index in [2.05, 4.69) is 55.3 Å². The molecular formula is C18H22BrN3. The second kappa shape index (κ2) is 6.17. The van der Waals surface area contributed by atoms with Gasteiger partial charge in [-0.2, -0.15) is 5.10 Å². The van der Waals surface area contributed by atoms with Crippen LogP contribution >= 0.6 is 15.9 Å². The van der Waals surface area contributed by atoms with E-state index in [1.165, 1.54) is 62.1 Å². The van der Waals surface area contributed by atoms with Crippen LogP contribution in [0.1, 0.15) is 42.9 Å². The maximum atomic E-state index is 4.55. The van der Waals surface area contributed by atoms with Crippen molar-refractivity contribution in [3.05, 3.63) is 46.2 Å². The zero-order valence-electron chi connectivity index (χ0n) is 12.8. The Hall–Kier alpha value is -1.13. The molecule has 0 bridgehead atoms. The van der Waals surface area contributed by atoms with Crippen molar-refractivity contribution >= 4 is 15.9 Å². The third-order valence-electron chi connectivity index (χ3n) is 4.89. The van der Waals surface area contributed by atoms with E-state index < -0.39 is 0 Å². The standard InChI is InChI=1S/C18H22BrN3/c19-17-12-21-22(18(17)15-3-4-15)16-5-1-13(2-6-16)11-14-7-9-20-10-8-14/h1-2,5-6,12,14-15,20H,3-4,7-11H2. The molecule has 2 aromatic rings. The molecule has 116 valence electrons. The number of hydrogen-bond acceptors (Lipinski definition) is 2. The van der Waals surface area contributed by atoms with Crippen LogP contribution in [0.4, 0.5) is 0 Å². The van der Waals surface area contributed by atoms with E-state index in [9.17, 15) is 0 Å². The average Bonchev–Trinajstić information content (AvgIpc) is 3.31. The van der Waals surface area contributed by atoms with E-state index in [-0.39, 0.29) is 0 Å². The van der Waals surface area contributed by atoms with Crippen LogP contribution in [0.25, 0.3) is 5.69 Å². The molecule has 3 nitrogen and oxygen atoms in total. The Labute approximate surface area is 140 Å². The van der Waals surface area contributed by atoms with Gasteiger partial charge in [0, 0.05) is 5.92 Å². The van der Waals surface area contributed by atoms with Gasteiger partial charge in [0.05, 0.1) is 22.1 Å². The molecular weight excluding hydrogens is 338 g/mol. The lowest BCUT2D eigenvalue weighted by Crippen LogP contribution is -2.28. The molecule has 1 N–H and O–H groups in total. The van der Waals surface area contributed by atoms with Crippen molar-refractivity contribution in [3.63, 3.8) is 0 Å². The van der Waals surface area contributed by atoms with Crippen molar-refractivity contribution in [3.8, 4) is 5.69 Å². The van der Waals surface area contributed by atoms with Crippen molar-refractivity contribution in [2.45, 2.75) is 38.0 Å². The molecule has 1 aromatic carbocycles. The van der Waals surface area contributed by atoms with Gasteiger partial charge < -0.3 is 5.32 Å². The maximum absolute atomic E-state index is 4.55. The van der Waals surface area contributed by atoms with Gasteiger partial charge in [0.25, 0.3) is 0 Å². The maximum Gasteiger partial charge on any atom is 0.0649 e. The summed E-state index contributed by atoms with van der Waals surface area (Å²) in [5.74, 6) is 1.53. The first kappa shape index (κ1) is 14.5. The van der Waals surface area contributed by atoms with Gasteiger partial charge in [0.15, 0.2) is 0 Å². The number of piperidine rings is 1. The van der Waals surface area contributed by atoms with Crippen molar-refractivity contribution in [1.29, 1.82) is 0 Å². The molecule has 2 aliphatic rings. The summed E-state index contributed by atoms with van der Waals surface area (Å²) in [6.07, 6.45) is 8.33. The van der Waals surface area contributed by atoms with E-state index >= 15 is 0 Å². The Morgan fingerprint density at radius 3 is 2.50 bits per heavy atom. The number of hydrogen-bond donors (Lipinski definition) is 1. The number of halogens is 1. The van der Waals surface area contributed by atoms with Crippen molar-refractivity contribution in [1.82, 2.24) is 15.1 Å². The van der Waals surface area contributed by atoms with E-state index in [1.807, 2.05) is 6.20 Å². The normalized spacial score (nSPS) is 19.5. The van der Waals surface area contributed by atoms with Gasteiger partial charge in [-0.25, -0.2) is 4.68 Å². The fourth-order valence-electron chi connectivity index (χ4n) is 3.46. The molecule has 1 aliphatic carbocycles. The highest BCUT2D eigenvalue weighted by molar-refractivity contribution is 9.10. The van der Waals surface area contributed by atoms with Crippen LogP contribution in [0.5, 0.6) is 0 Å². The molecule has 0 radical (unpaired) electrons. The van der Waals surface area contributed by atoms with Crippen molar-refractivity contribution in [2.75, 3.05) is 13.1 Å². The van der Waals surface area contributed by atoms with Crippen LogP contribution in [-0.4, -0.2) is 22.9 Å². The Morgan fingerprint density at radius 2 is 1.82 bits per heavy atom. The van der Waals surface area contributed by atoms with Gasteiger partial charge in [0.2, 0.25) is 0 Å². The molecule has 4 heteroatoms. The lowest BCUT2D eigenvalue weighted by Gasteiger charge is -2.22. The van der Waals surface area contributed by atoms with Crippen LogP contribution in [0.15, 0.2) is 34.9 Å². The Morgan fingerprint density at radius 1 is 1.09 bits per heavy atom. The van der Waals surface area contributed by atoms with Crippen LogP contribution in [0.2, 0.25) is 0 Å². The molecule has 2 fully saturated rings. The first-order chi connectivity index (χ1) is 10.8. The number of benzene rings is 1. The minimum atomic E-state index is 0.686. The number of nitrogens with one attached hydrogen (secondary N) is 1. The molecule has 0 spiro atoms. The largest absolute Gasteiger partial charge is 0.317 e. The summed E-state index contributed by atoms with van der Waals surface area (Å²) in [5, 5.41) is 7.99. The predicted molar refractivity (Wildman–Crippen MR) is 92.5 cm³/mol. The molecule has 1 saturated carbocycles. The zero-order valence-corrected chi connectivity index (χ0v) is 14.3. The number of rotatable bonds is 4. The molecule has 0 amide bonds. The molecule has 4 rings (SSSR count). The Kier molecular flexibility index (Phi) is 4.05. The van der Waals surface area contributed by atoms with Gasteiger partial charge in [-0.3, -0.25) is 0 Å². The molecule has 1 saturated heterocycles. The molecule has 2 heterocycles. The van der Waals surface area contributed by atoms with Crippen LogP contribution < -0.4 is 5.32 Å². The third kappa shape index (κ3) is 2.99. The Balaban J connectivity index is 1.52. The van der Waals surface area contributed by atoms with Gasteiger partial charge in [-0.1, -0.05) is 12.1 Å². The summed E-state index contributed by atoms with van der Waals surface area (Å²) in [6.45, 7) is 2.35. The summed E-state index contributed by atoms with van der Waals surface area (Å²) >= 11 is 3.65. The zero-order chi connectivity index (χ0) is 14.9. The third-order valence-corrected chi connectivity index (χ3v) is 5.50. The van der Waals surface area contributed by atoms with E-state index in [0.29, 0.717) is 5.92 Å². The molecule has 1 aliphatic heterocycles. The SMILES string of the molecule is Brc1cnn(-c2ccc(CC3CCNCC3)cc2)c1C1CC1. The highest BCUT2D eigenvalue weighted by Gasteiger charge is 2.30. The second-order valence-electron chi connectivity index (χ2n) is 6.63. The molecule has 0 unspecified atom stereocenters. The quantitative estimate of drug-likeness (QED) is 0.891. The molecule has 1 aromatic heterocycles. The summed E-state index contributed by atoms with van der Waals surface area (Å²) in [4.78, 5) is 0. The van der Waals surface area contributed by atoms with Gasteiger partial charge in [-0.15, -0.1) is 0 Å². The van der Waals surface area contributed by atoms with Crippen molar-refractivity contribution in [2.24, 2.45) is 5.92 Å². The summed E-state index contributed by atoms with van der Waals surface area (Å²) < 4.78 is 3.25.